The molecule has 0 amide bonds. The van der Waals surface area contributed by atoms with Crippen molar-refractivity contribution < 1.29 is 69.3 Å². The summed E-state index contributed by atoms with van der Waals surface area (Å²) in [6, 6.07) is 3.16. The molecule has 3 heterocycles. The Labute approximate surface area is 295 Å². The smallest absolute Gasteiger partial charge is 0.335 e. The predicted octanol–water partition coefficient (Wildman–Crippen LogP) is -1.07. The molecule has 17 unspecified atom stereocenters. The Balaban J connectivity index is 1.05. The lowest BCUT2D eigenvalue weighted by molar-refractivity contribution is -0.361. The van der Waals surface area contributed by atoms with E-state index in [-0.39, 0.29) is 11.8 Å². The average molecular weight is 725 g/mol. The van der Waals surface area contributed by atoms with Crippen LogP contribution in [0.5, 0.6) is 0 Å². The Morgan fingerprint density at radius 3 is 2.16 bits per heavy atom. The summed E-state index contributed by atoms with van der Waals surface area (Å²) in [7, 11) is 0. The van der Waals surface area contributed by atoms with E-state index in [0.29, 0.717) is 51.4 Å². The van der Waals surface area contributed by atoms with Gasteiger partial charge in [-0.25, -0.2) is 4.79 Å². The van der Waals surface area contributed by atoms with E-state index in [9.17, 15) is 50.8 Å². The summed E-state index contributed by atoms with van der Waals surface area (Å²) in [5, 5.41) is 97.5. The van der Waals surface area contributed by atoms with Crippen molar-refractivity contribution in [3.63, 3.8) is 0 Å². The Kier molecular flexibility index (Phi) is 9.91. The van der Waals surface area contributed by atoms with E-state index in [1.54, 1.807) is 6.07 Å². The number of aliphatic hydroxyl groups excluding tert-OH is 7. The molecule has 1 aromatic heterocycles. The SMILES string of the molecule is CC12CCC(OC3OC(CO)C(OC4OC(CO)C(O)C(O)C4O)C(O)C3O)C=C1CCC1(O)C2CCC2(C)C(c3ccc(=O)oc3)CCC21O. The van der Waals surface area contributed by atoms with E-state index >= 15 is 0 Å². The maximum atomic E-state index is 12.6. The summed E-state index contributed by atoms with van der Waals surface area (Å²) in [6.45, 7) is 2.82. The van der Waals surface area contributed by atoms with Gasteiger partial charge in [-0.3, -0.25) is 0 Å². The van der Waals surface area contributed by atoms with E-state index in [4.69, 9.17) is 23.4 Å². The molecular weight excluding hydrogens is 672 g/mol. The first kappa shape index (κ1) is 37.5. The van der Waals surface area contributed by atoms with Crippen LogP contribution in [-0.4, -0.2) is 138 Å². The van der Waals surface area contributed by atoms with Crippen LogP contribution < -0.4 is 5.63 Å². The second-order valence-electron chi connectivity index (χ2n) is 16.1. The highest BCUT2D eigenvalue weighted by atomic mass is 16.7. The van der Waals surface area contributed by atoms with Crippen molar-refractivity contribution >= 4 is 0 Å². The summed E-state index contributed by atoms with van der Waals surface area (Å²) in [4.78, 5) is 11.6. The molecule has 17 atom stereocenters. The van der Waals surface area contributed by atoms with Crippen molar-refractivity contribution in [3.05, 3.63) is 46.0 Å². The Morgan fingerprint density at radius 1 is 0.784 bits per heavy atom. The number of ether oxygens (including phenoxy) is 4. The number of rotatable bonds is 7. The van der Waals surface area contributed by atoms with Crippen molar-refractivity contribution in [1.82, 2.24) is 0 Å². The predicted molar refractivity (Wildman–Crippen MR) is 174 cm³/mol. The molecule has 9 N–H and O–H groups in total. The molecule has 0 bridgehead atoms. The summed E-state index contributed by atoms with van der Waals surface area (Å²) >= 11 is 0. The molecule has 5 fully saturated rings. The normalized spacial score (nSPS) is 51.3. The summed E-state index contributed by atoms with van der Waals surface area (Å²) in [5.74, 6) is -0.304. The van der Waals surface area contributed by atoms with Crippen molar-refractivity contribution in [1.29, 1.82) is 0 Å². The van der Waals surface area contributed by atoms with Gasteiger partial charge in [-0.05, 0) is 80.2 Å². The molecule has 0 spiro atoms. The van der Waals surface area contributed by atoms with E-state index in [2.05, 4.69) is 6.92 Å². The summed E-state index contributed by atoms with van der Waals surface area (Å²) in [5.41, 5.74) is -2.27. The minimum atomic E-state index is -1.77. The van der Waals surface area contributed by atoms with Gasteiger partial charge in [0.15, 0.2) is 12.6 Å². The molecule has 2 aliphatic heterocycles. The van der Waals surface area contributed by atoms with Crippen LogP contribution in [-0.2, 0) is 18.9 Å². The first-order chi connectivity index (χ1) is 24.1. The van der Waals surface area contributed by atoms with E-state index in [1.807, 2.05) is 13.0 Å². The van der Waals surface area contributed by atoms with Gasteiger partial charge in [0.1, 0.15) is 48.8 Å². The van der Waals surface area contributed by atoms with Crippen LogP contribution in [0.25, 0.3) is 0 Å². The van der Waals surface area contributed by atoms with E-state index in [0.717, 1.165) is 11.1 Å². The lowest BCUT2D eigenvalue weighted by Crippen LogP contribution is -2.71. The molecular formula is C36H52O15. The highest BCUT2D eigenvalue weighted by Crippen LogP contribution is 2.71. The Hall–Kier alpha value is -1.83. The first-order valence-corrected chi connectivity index (χ1v) is 18.1. The van der Waals surface area contributed by atoms with Gasteiger partial charge in [-0.2, -0.15) is 0 Å². The number of hydrogen-bond acceptors (Lipinski definition) is 15. The highest BCUT2D eigenvalue weighted by molar-refractivity contribution is 5.35. The summed E-state index contributed by atoms with van der Waals surface area (Å²) in [6.07, 6.45) is -8.04. The molecule has 15 nitrogen and oxygen atoms in total. The van der Waals surface area contributed by atoms with Gasteiger partial charge in [-0.1, -0.05) is 25.5 Å². The zero-order valence-electron chi connectivity index (χ0n) is 28.9. The van der Waals surface area contributed by atoms with Crippen LogP contribution in [0.4, 0.5) is 0 Å². The van der Waals surface area contributed by atoms with E-state index < -0.39 is 108 Å². The van der Waals surface area contributed by atoms with Crippen LogP contribution in [0.2, 0.25) is 0 Å². The minimum absolute atomic E-state index is 0.0760. The van der Waals surface area contributed by atoms with Gasteiger partial charge in [0, 0.05) is 11.5 Å². The molecule has 3 saturated carbocycles. The first-order valence-electron chi connectivity index (χ1n) is 18.1. The lowest BCUT2D eigenvalue weighted by Gasteiger charge is -2.65. The number of hydrogen-bond donors (Lipinski definition) is 9. The van der Waals surface area contributed by atoms with Crippen LogP contribution in [0.15, 0.2) is 39.3 Å². The molecule has 0 aromatic carbocycles. The molecule has 1 aromatic rings. The fraction of sp³-hybridized carbons (Fsp3) is 0.806. The van der Waals surface area contributed by atoms with Crippen LogP contribution in [0, 0.1) is 16.7 Å². The molecule has 15 heteroatoms. The quantitative estimate of drug-likeness (QED) is 0.152. The largest absolute Gasteiger partial charge is 0.431 e. The van der Waals surface area contributed by atoms with Crippen LogP contribution in [0.1, 0.15) is 76.7 Å². The Morgan fingerprint density at radius 2 is 1.47 bits per heavy atom. The average Bonchev–Trinajstić information content (AvgIpc) is 3.40. The number of fused-ring (bicyclic) bond motifs is 5. The van der Waals surface area contributed by atoms with E-state index in [1.165, 1.54) is 12.3 Å². The van der Waals surface area contributed by atoms with Gasteiger partial charge < -0.3 is 69.3 Å². The molecule has 7 rings (SSSR count). The third-order valence-corrected chi connectivity index (χ3v) is 13.8. The second-order valence-corrected chi connectivity index (χ2v) is 16.1. The zero-order valence-corrected chi connectivity index (χ0v) is 28.9. The van der Waals surface area contributed by atoms with Gasteiger partial charge in [0.2, 0.25) is 0 Å². The fourth-order valence-corrected chi connectivity index (χ4v) is 10.8. The third-order valence-electron chi connectivity index (χ3n) is 13.8. The maximum Gasteiger partial charge on any atom is 0.335 e. The van der Waals surface area contributed by atoms with Crippen molar-refractivity contribution in [2.75, 3.05) is 13.2 Å². The molecule has 6 aliphatic rings. The van der Waals surface area contributed by atoms with Gasteiger partial charge in [0.25, 0.3) is 0 Å². The zero-order chi connectivity index (χ0) is 36.7. The minimum Gasteiger partial charge on any atom is -0.431 e. The van der Waals surface area contributed by atoms with Gasteiger partial charge in [0.05, 0.1) is 36.8 Å². The van der Waals surface area contributed by atoms with Crippen molar-refractivity contribution in [2.24, 2.45) is 16.7 Å². The Bertz CT molecular complexity index is 1490. The molecule has 4 aliphatic carbocycles. The van der Waals surface area contributed by atoms with Crippen molar-refractivity contribution in [3.8, 4) is 0 Å². The molecule has 51 heavy (non-hydrogen) atoms. The number of aliphatic hydroxyl groups is 9. The van der Waals surface area contributed by atoms with Crippen LogP contribution >= 0.6 is 0 Å². The van der Waals surface area contributed by atoms with Crippen LogP contribution in [0.3, 0.4) is 0 Å². The topological polar surface area (TPSA) is 249 Å². The standard InChI is InChI=1S/C36H52O15/c1-33-9-6-19(48-31-29(44)27(42)30(22(15-38)50-31)51-32-28(43)26(41)25(40)21(14-37)49-32)13-18(33)5-11-35(45)23(33)8-10-34(2)20(7-12-36(34,35)46)17-3-4-24(39)47-16-17/h3-4,13,16,19-23,25-32,37-38,40-46H,5-12,14-15H2,1-2H3. The summed E-state index contributed by atoms with van der Waals surface area (Å²) < 4.78 is 28.3. The third kappa shape index (κ3) is 5.70. The van der Waals surface area contributed by atoms with Crippen molar-refractivity contribution in [2.45, 2.75) is 150 Å². The van der Waals surface area contributed by atoms with Gasteiger partial charge in [-0.15, -0.1) is 0 Å². The fourth-order valence-electron chi connectivity index (χ4n) is 10.8. The number of allylic oxidation sites excluding steroid dienone is 1. The monoisotopic (exact) mass is 724 g/mol. The molecule has 286 valence electrons. The van der Waals surface area contributed by atoms with Gasteiger partial charge >= 0.3 is 5.63 Å². The maximum absolute atomic E-state index is 12.6. The molecule has 2 saturated heterocycles. The second kappa shape index (κ2) is 13.5. The molecule has 0 radical (unpaired) electrons. The lowest BCUT2D eigenvalue weighted by atomic mass is 9.43. The highest BCUT2D eigenvalue weighted by Gasteiger charge is 2.73.